The van der Waals surface area contributed by atoms with Crippen molar-refractivity contribution in [3.8, 4) is 11.5 Å². The van der Waals surface area contributed by atoms with Crippen LogP contribution in [-0.2, 0) is 13.6 Å². The van der Waals surface area contributed by atoms with E-state index in [0.717, 1.165) is 5.56 Å². The van der Waals surface area contributed by atoms with Gasteiger partial charge in [-0.3, -0.25) is 14.6 Å². The Balaban J connectivity index is 1.70. The Morgan fingerprint density at radius 2 is 1.72 bits per heavy atom. The summed E-state index contributed by atoms with van der Waals surface area (Å²) in [5.74, 6) is -0.786. The molecule has 7 heteroatoms. The van der Waals surface area contributed by atoms with Crippen molar-refractivity contribution in [2.45, 2.75) is 19.0 Å². The first-order chi connectivity index (χ1) is 15.5. The number of hydrogen-bond acceptors (Lipinski definition) is 6. The molecule has 2 heterocycles. The van der Waals surface area contributed by atoms with Crippen LogP contribution >= 0.6 is 0 Å². The van der Waals surface area contributed by atoms with E-state index in [0.29, 0.717) is 23.0 Å². The predicted octanol–water partition coefficient (Wildman–Crippen LogP) is 3.45. The number of aromatic hydroxyl groups is 2. The number of hydrogen-bond donors (Lipinski definition) is 3. The average molecular weight is 429 g/mol. The van der Waals surface area contributed by atoms with Crippen LogP contribution in [0, 0.1) is 0 Å². The summed E-state index contributed by atoms with van der Waals surface area (Å²) >= 11 is 0. The minimum atomic E-state index is -0.576. The topological polar surface area (TPSA) is 104 Å². The van der Waals surface area contributed by atoms with E-state index in [1.807, 2.05) is 12.1 Å². The number of Topliss-reactive ketones (excluding diaryl/α,β-unsaturated/α-hetero) is 1. The lowest BCUT2D eigenvalue weighted by Gasteiger charge is -2.20. The minimum absolute atomic E-state index is 0.0446. The number of nitrogens with one attached hydrogen (secondary N) is 1. The third-order valence-electron chi connectivity index (χ3n) is 5.56. The van der Waals surface area contributed by atoms with E-state index in [1.165, 1.54) is 4.57 Å². The molecule has 0 radical (unpaired) electrons. The average Bonchev–Trinajstić information content (AvgIpc) is 2.81. The molecule has 1 atom stereocenters. The van der Waals surface area contributed by atoms with E-state index >= 15 is 0 Å². The number of aryl methyl sites for hydroxylation is 1. The first kappa shape index (κ1) is 21.3. The molecule has 4 rings (SSSR count). The Kier molecular flexibility index (Phi) is 6.00. The van der Waals surface area contributed by atoms with Gasteiger partial charge in [0.15, 0.2) is 5.78 Å². The monoisotopic (exact) mass is 429 g/mol. The van der Waals surface area contributed by atoms with Gasteiger partial charge in [-0.1, -0.05) is 30.3 Å². The number of aromatic nitrogens is 2. The Bertz CT molecular complexity index is 1330. The maximum absolute atomic E-state index is 13.3. The largest absolute Gasteiger partial charge is 0.508 e. The summed E-state index contributed by atoms with van der Waals surface area (Å²) in [6, 6.07) is 16.8. The van der Waals surface area contributed by atoms with Crippen molar-refractivity contribution in [1.29, 1.82) is 0 Å². The van der Waals surface area contributed by atoms with Crippen molar-refractivity contribution in [3.05, 3.63) is 100 Å². The molecule has 7 nitrogen and oxygen atoms in total. The Hall–Kier alpha value is -3.97. The molecule has 0 unspecified atom stereocenters. The molecule has 4 aromatic rings. The van der Waals surface area contributed by atoms with Crippen LogP contribution in [0.15, 0.2) is 77.9 Å². The summed E-state index contributed by atoms with van der Waals surface area (Å²) < 4.78 is 1.36. The summed E-state index contributed by atoms with van der Waals surface area (Å²) in [4.78, 5) is 30.2. The molecule has 0 bridgehead atoms. The van der Waals surface area contributed by atoms with Crippen LogP contribution in [-0.4, -0.2) is 25.5 Å². The maximum atomic E-state index is 13.3. The molecule has 0 fully saturated rings. The molecule has 32 heavy (non-hydrogen) atoms. The van der Waals surface area contributed by atoms with Crippen molar-refractivity contribution < 1.29 is 15.0 Å². The maximum Gasteiger partial charge on any atom is 0.265 e. The smallest absolute Gasteiger partial charge is 0.265 e. The van der Waals surface area contributed by atoms with Gasteiger partial charge in [0.25, 0.3) is 5.56 Å². The van der Waals surface area contributed by atoms with E-state index in [1.54, 1.807) is 68.0 Å². The number of phenolic OH excluding ortho intramolecular Hbond substituents is 1. The zero-order valence-corrected chi connectivity index (χ0v) is 17.5. The zero-order chi connectivity index (χ0) is 22.7. The lowest BCUT2D eigenvalue weighted by atomic mass is 9.96. The van der Waals surface area contributed by atoms with E-state index in [-0.39, 0.29) is 23.5 Å². The van der Waals surface area contributed by atoms with E-state index in [2.05, 4.69) is 10.3 Å². The third-order valence-corrected chi connectivity index (χ3v) is 5.56. The first-order valence-corrected chi connectivity index (χ1v) is 10.2. The normalized spacial score (nSPS) is 12.0. The lowest BCUT2D eigenvalue weighted by molar-refractivity contribution is 0.0963. The highest BCUT2D eigenvalue weighted by molar-refractivity contribution is 6.03. The number of ketones is 1. The molecule has 0 aliphatic rings. The standard InChI is InChI=1S/C25H23N3O4/c1-28-20-8-4-2-7-18(20)24(31)23(25(28)32)22(30)14-19(17-6-3-5-9-21(17)29)27-15-16-10-12-26-13-11-16/h2-13,19,27,29,31H,14-15H2,1H3/t19-/m1/s1. The highest BCUT2D eigenvalue weighted by Gasteiger charge is 2.25. The highest BCUT2D eigenvalue weighted by Crippen LogP contribution is 2.31. The number of para-hydroxylation sites is 2. The van der Waals surface area contributed by atoms with E-state index in [4.69, 9.17) is 0 Å². The van der Waals surface area contributed by atoms with Crippen molar-refractivity contribution in [2.24, 2.45) is 7.05 Å². The van der Waals surface area contributed by atoms with Crippen LogP contribution in [0.25, 0.3) is 10.9 Å². The van der Waals surface area contributed by atoms with Gasteiger partial charge < -0.3 is 20.1 Å². The quantitative estimate of drug-likeness (QED) is 0.389. The number of carbonyl (C=O) groups is 1. The predicted molar refractivity (Wildman–Crippen MR) is 122 cm³/mol. The molecule has 162 valence electrons. The van der Waals surface area contributed by atoms with Gasteiger partial charge in [0, 0.05) is 49.4 Å². The summed E-state index contributed by atoms with van der Waals surface area (Å²) in [5, 5.41) is 24.9. The summed E-state index contributed by atoms with van der Waals surface area (Å²) in [6.07, 6.45) is 3.23. The van der Waals surface area contributed by atoms with Crippen LogP contribution in [0.1, 0.15) is 33.9 Å². The van der Waals surface area contributed by atoms with Crippen LogP contribution < -0.4 is 10.9 Å². The lowest BCUT2D eigenvalue weighted by Crippen LogP contribution is -2.29. The molecule has 3 N–H and O–H groups in total. The number of rotatable bonds is 7. The van der Waals surface area contributed by atoms with Crippen LogP contribution in [0.2, 0.25) is 0 Å². The number of fused-ring (bicyclic) bond motifs is 1. The molecule has 0 aliphatic carbocycles. The van der Waals surface area contributed by atoms with Crippen LogP contribution in [0.4, 0.5) is 0 Å². The molecule has 0 saturated carbocycles. The van der Waals surface area contributed by atoms with E-state index in [9.17, 15) is 19.8 Å². The zero-order valence-electron chi connectivity index (χ0n) is 17.5. The van der Waals surface area contributed by atoms with Gasteiger partial charge in [-0.2, -0.15) is 0 Å². The van der Waals surface area contributed by atoms with Gasteiger partial charge in [-0.05, 0) is 35.9 Å². The van der Waals surface area contributed by atoms with Gasteiger partial charge in [0.2, 0.25) is 0 Å². The molecular formula is C25H23N3O4. The molecular weight excluding hydrogens is 406 g/mol. The molecule has 0 spiro atoms. The van der Waals surface area contributed by atoms with Crippen LogP contribution in [0.5, 0.6) is 11.5 Å². The van der Waals surface area contributed by atoms with Gasteiger partial charge in [0.05, 0.1) is 5.52 Å². The highest BCUT2D eigenvalue weighted by atomic mass is 16.3. The number of carbonyl (C=O) groups excluding carboxylic acids is 1. The SMILES string of the molecule is Cn1c(=O)c(C(=O)C[C@@H](NCc2ccncc2)c2ccccc2O)c(O)c2ccccc21. The fourth-order valence-electron chi connectivity index (χ4n) is 3.83. The second-order valence-electron chi connectivity index (χ2n) is 7.58. The summed E-state index contributed by atoms with van der Waals surface area (Å²) in [5.41, 5.74) is 1.22. The van der Waals surface area contributed by atoms with Crippen molar-refractivity contribution in [2.75, 3.05) is 0 Å². The van der Waals surface area contributed by atoms with Gasteiger partial charge in [-0.25, -0.2) is 0 Å². The van der Waals surface area contributed by atoms with E-state index < -0.39 is 17.4 Å². The van der Waals surface area contributed by atoms with Crippen molar-refractivity contribution in [3.63, 3.8) is 0 Å². The van der Waals surface area contributed by atoms with Crippen molar-refractivity contribution in [1.82, 2.24) is 14.9 Å². The van der Waals surface area contributed by atoms with Gasteiger partial charge in [0.1, 0.15) is 17.1 Å². The molecule has 0 aliphatic heterocycles. The number of phenols is 1. The summed E-state index contributed by atoms with van der Waals surface area (Å²) in [7, 11) is 1.57. The second kappa shape index (κ2) is 9.03. The minimum Gasteiger partial charge on any atom is -0.508 e. The molecule has 2 aromatic carbocycles. The first-order valence-electron chi connectivity index (χ1n) is 10.2. The molecule has 2 aromatic heterocycles. The van der Waals surface area contributed by atoms with Gasteiger partial charge in [-0.15, -0.1) is 0 Å². The number of nitrogens with zero attached hydrogens (tertiary/aromatic N) is 2. The van der Waals surface area contributed by atoms with Gasteiger partial charge >= 0.3 is 0 Å². The number of pyridine rings is 2. The fraction of sp³-hybridized carbons (Fsp3) is 0.160. The Labute approximate surface area is 184 Å². The number of benzene rings is 2. The van der Waals surface area contributed by atoms with Crippen LogP contribution in [0.3, 0.4) is 0 Å². The third kappa shape index (κ3) is 4.10. The Morgan fingerprint density at radius 1 is 1.03 bits per heavy atom. The fourth-order valence-corrected chi connectivity index (χ4v) is 3.83. The second-order valence-corrected chi connectivity index (χ2v) is 7.58. The Morgan fingerprint density at radius 3 is 2.47 bits per heavy atom. The molecule has 0 amide bonds. The summed E-state index contributed by atoms with van der Waals surface area (Å²) in [6.45, 7) is 0.427. The molecule has 0 saturated heterocycles. The van der Waals surface area contributed by atoms with Crippen molar-refractivity contribution >= 4 is 16.7 Å².